The van der Waals surface area contributed by atoms with E-state index in [-0.39, 0.29) is 31.9 Å². The van der Waals surface area contributed by atoms with Gasteiger partial charge in [0, 0.05) is 11.6 Å². The predicted molar refractivity (Wildman–Crippen MR) is 73.5 cm³/mol. The van der Waals surface area contributed by atoms with Crippen molar-refractivity contribution in [1.29, 1.82) is 0 Å². The lowest BCUT2D eigenvalue weighted by atomic mass is 10.0. The number of halogens is 4. The molecule has 0 saturated heterocycles. The number of nitrogens with zero attached hydrogens (tertiary/aromatic N) is 1. The first-order chi connectivity index (χ1) is 8.91. The van der Waals surface area contributed by atoms with E-state index < -0.39 is 10.7 Å². The molecule has 0 atom stereocenters. The molecule has 3 nitrogen and oxygen atoms in total. The Labute approximate surface area is 122 Å². The molecule has 2 rings (SSSR count). The molecule has 0 amide bonds. The van der Waals surface area contributed by atoms with Crippen LogP contribution in [0.25, 0.3) is 11.1 Å². The van der Waals surface area contributed by atoms with Gasteiger partial charge in [0.1, 0.15) is 5.82 Å². The molecule has 2 aromatic rings. The molecule has 2 aromatic carbocycles. The number of hydrogen-bond acceptors (Lipinski definition) is 2. The Morgan fingerprint density at radius 1 is 1.00 bits per heavy atom. The van der Waals surface area contributed by atoms with Gasteiger partial charge in [-0.05, 0) is 18.2 Å². The maximum atomic E-state index is 13.3. The van der Waals surface area contributed by atoms with Gasteiger partial charge in [-0.3, -0.25) is 10.1 Å². The molecule has 0 unspecified atom stereocenters. The van der Waals surface area contributed by atoms with Gasteiger partial charge in [0.05, 0.1) is 25.6 Å². The zero-order valence-electron chi connectivity index (χ0n) is 9.16. The third-order valence-corrected chi connectivity index (χ3v) is 3.77. The van der Waals surface area contributed by atoms with Crippen LogP contribution in [0.15, 0.2) is 30.3 Å². The van der Waals surface area contributed by atoms with E-state index in [0.717, 1.165) is 18.2 Å². The molecule has 0 saturated carbocycles. The quantitative estimate of drug-likeness (QED) is 0.424. The van der Waals surface area contributed by atoms with Crippen LogP contribution in [-0.4, -0.2) is 4.92 Å². The summed E-state index contributed by atoms with van der Waals surface area (Å²) >= 11 is 17.7. The van der Waals surface area contributed by atoms with Crippen molar-refractivity contribution in [2.24, 2.45) is 0 Å². The molecule has 0 fully saturated rings. The molecule has 0 aliphatic carbocycles. The second-order valence-electron chi connectivity index (χ2n) is 3.64. The number of nitro benzene ring substituents is 1. The highest BCUT2D eigenvalue weighted by atomic mass is 35.5. The van der Waals surface area contributed by atoms with Gasteiger partial charge in [-0.15, -0.1) is 0 Å². The van der Waals surface area contributed by atoms with Crippen molar-refractivity contribution >= 4 is 40.5 Å². The third-order valence-electron chi connectivity index (χ3n) is 2.48. The van der Waals surface area contributed by atoms with Crippen molar-refractivity contribution < 1.29 is 9.31 Å². The average molecular weight is 321 g/mol. The zero-order valence-corrected chi connectivity index (χ0v) is 11.4. The first-order valence-corrected chi connectivity index (χ1v) is 6.13. The van der Waals surface area contributed by atoms with Crippen LogP contribution in [0, 0.1) is 15.9 Å². The Morgan fingerprint density at radius 2 is 1.68 bits per heavy atom. The summed E-state index contributed by atoms with van der Waals surface area (Å²) in [6.45, 7) is 0. The maximum absolute atomic E-state index is 13.3. The summed E-state index contributed by atoms with van der Waals surface area (Å²) in [7, 11) is 0. The minimum Gasteiger partial charge on any atom is -0.258 e. The van der Waals surface area contributed by atoms with Crippen LogP contribution >= 0.6 is 34.8 Å². The van der Waals surface area contributed by atoms with E-state index in [4.69, 9.17) is 34.8 Å². The SMILES string of the molecule is O=[N+]([O-])c1ccc(F)cc1-c1ccc(Cl)c(Cl)c1Cl. The number of rotatable bonds is 2. The Bertz CT molecular complexity index is 676. The fourth-order valence-corrected chi connectivity index (χ4v) is 2.25. The van der Waals surface area contributed by atoms with E-state index in [1.54, 1.807) is 0 Å². The Balaban J connectivity index is 2.75. The normalized spacial score (nSPS) is 10.5. The second-order valence-corrected chi connectivity index (χ2v) is 4.80. The minimum absolute atomic E-state index is 0.0443. The number of benzene rings is 2. The topological polar surface area (TPSA) is 43.1 Å². The van der Waals surface area contributed by atoms with Crippen LogP contribution in [-0.2, 0) is 0 Å². The fourth-order valence-electron chi connectivity index (χ4n) is 1.62. The van der Waals surface area contributed by atoms with Gasteiger partial charge in [-0.25, -0.2) is 4.39 Å². The zero-order chi connectivity index (χ0) is 14.2. The van der Waals surface area contributed by atoms with Crippen LogP contribution < -0.4 is 0 Å². The fraction of sp³-hybridized carbons (Fsp3) is 0. The lowest BCUT2D eigenvalue weighted by molar-refractivity contribution is -0.384. The molecule has 7 heteroatoms. The van der Waals surface area contributed by atoms with E-state index in [2.05, 4.69) is 0 Å². The average Bonchev–Trinajstić information content (AvgIpc) is 2.35. The summed E-state index contributed by atoms with van der Waals surface area (Å²) in [5, 5.41) is 11.3. The van der Waals surface area contributed by atoms with Crippen molar-refractivity contribution in [3.63, 3.8) is 0 Å². The van der Waals surface area contributed by atoms with Crippen LogP contribution in [0.1, 0.15) is 0 Å². The Kier molecular flexibility index (Phi) is 3.94. The molecule has 0 aliphatic rings. The summed E-state index contributed by atoms with van der Waals surface area (Å²) in [5.74, 6) is -0.609. The largest absolute Gasteiger partial charge is 0.277 e. The molecule has 0 heterocycles. The molecular weight excluding hydrogens is 315 g/mol. The monoisotopic (exact) mass is 319 g/mol. The number of nitro groups is 1. The van der Waals surface area contributed by atoms with Crippen molar-refractivity contribution in [3.05, 3.63) is 61.3 Å². The van der Waals surface area contributed by atoms with Crippen LogP contribution in [0.2, 0.25) is 15.1 Å². The van der Waals surface area contributed by atoms with Crippen molar-refractivity contribution in [1.82, 2.24) is 0 Å². The minimum atomic E-state index is -0.617. The van der Waals surface area contributed by atoms with Gasteiger partial charge < -0.3 is 0 Å². The molecule has 98 valence electrons. The highest BCUT2D eigenvalue weighted by Crippen LogP contribution is 2.41. The standard InChI is InChI=1S/C12H5Cl3FNO2/c13-9-3-2-7(11(14)12(9)15)8-5-6(16)1-4-10(8)17(18)19/h1-5H. The first kappa shape index (κ1) is 14.1. The van der Waals surface area contributed by atoms with E-state index in [9.17, 15) is 14.5 Å². The number of hydrogen-bond donors (Lipinski definition) is 0. The highest BCUT2D eigenvalue weighted by Gasteiger charge is 2.20. The van der Waals surface area contributed by atoms with Gasteiger partial charge in [-0.1, -0.05) is 40.9 Å². The van der Waals surface area contributed by atoms with Crippen molar-refractivity contribution in [3.8, 4) is 11.1 Å². The van der Waals surface area contributed by atoms with Crippen LogP contribution in [0.5, 0.6) is 0 Å². The second kappa shape index (κ2) is 5.33. The Morgan fingerprint density at radius 3 is 2.32 bits per heavy atom. The van der Waals surface area contributed by atoms with Gasteiger partial charge in [-0.2, -0.15) is 0 Å². The van der Waals surface area contributed by atoms with Crippen LogP contribution in [0.4, 0.5) is 10.1 Å². The van der Waals surface area contributed by atoms with Crippen molar-refractivity contribution in [2.75, 3.05) is 0 Å². The molecular formula is C12H5Cl3FNO2. The van der Waals surface area contributed by atoms with E-state index >= 15 is 0 Å². The summed E-state index contributed by atoms with van der Waals surface area (Å²) in [4.78, 5) is 10.3. The molecule has 0 N–H and O–H groups in total. The van der Waals surface area contributed by atoms with E-state index in [1.165, 1.54) is 12.1 Å². The molecule has 0 aromatic heterocycles. The van der Waals surface area contributed by atoms with E-state index in [1.807, 2.05) is 0 Å². The third kappa shape index (κ3) is 2.66. The smallest absolute Gasteiger partial charge is 0.258 e. The summed E-state index contributed by atoms with van der Waals surface area (Å²) in [6.07, 6.45) is 0. The van der Waals surface area contributed by atoms with Gasteiger partial charge in [0.15, 0.2) is 0 Å². The lowest BCUT2D eigenvalue weighted by Crippen LogP contribution is -1.93. The summed E-state index contributed by atoms with van der Waals surface area (Å²) < 4.78 is 13.3. The molecule has 0 aliphatic heterocycles. The van der Waals surface area contributed by atoms with Crippen LogP contribution in [0.3, 0.4) is 0 Å². The first-order valence-electron chi connectivity index (χ1n) is 4.99. The lowest BCUT2D eigenvalue weighted by Gasteiger charge is -2.08. The molecule has 0 bridgehead atoms. The molecule has 0 spiro atoms. The summed E-state index contributed by atoms with van der Waals surface area (Å²) in [5.41, 5.74) is 0.0394. The molecule has 0 radical (unpaired) electrons. The van der Waals surface area contributed by atoms with Gasteiger partial charge in [0.25, 0.3) is 5.69 Å². The van der Waals surface area contributed by atoms with Gasteiger partial charge in [0.2, 0.25) is 0 Å². The summed E-state index contributed by atoms with van der Waals surface area (Å²) in [6, 6.07) is 6.01. The molecule has 19 heavy (non-hydrogen) atoms. The highest BCUT2D eigenvalue weighted by molar-refractivity contribution is 6.49. The van der Waals surface area contributed by atoms with E-state index in [0.29, 0.717) is 0 Å². The van der Waals surface area contributed by atoms with Crippen molar-refractivity contribution in [2.45, 2.75) is 0 Å². The Hall–Kier alpha value is -1.36. The van der Waals surface area contributed by atoms with Gasteiger partial charge >= 0.3 is 0 Å². The predicted octanol–water partition coefficient (Wildman–Crippen LogP) is 5.36. The maximum Gasteiger partial charge on any atom is 0.277 e.